The molecule has 5 heteroatoms. The zero-order valence-corrected chi connectivity index (χ0v) is 13.2. The van der Waals surface area contributed by atoms with Gasteiger partial charge in [-0.3, -0.25) is 0 Å². The van der Waals surface area contributed by atoms with Crippen LogP contribution in [0.5, 0.6) is 0 Å². The molecule has 22 heavy (non-hydrogen) atoms. The second-order valence-corrected chi connectivity index (χ2v) is 7.20. The summed E-state index contributed by atoms with van der Waals surface area (Å²) in [5.74, 6) is 0. The monoisotopic (exact) mass is 315 g/mol. The Labute approximate surface area is 129 Å². The molecule has 0 aliphatic rings. The molecular formula is C17H17NO3S. The number of aliphatic hydroxyl groups excluding tert-OH is 1. The van der Waals surface area contributed by atoms with Crippen LogP contribution in [-0.2, 0) is 10.0 Å². The molecule has 4 nitrogen and oxygen atoms in total. The summed E-state index contributed by atoms with van der Waals surface area (Å²) in [6.07, 6.45) is 0.882. The molecule has 1 N–H and O–H groups in total. The third kappa shape index (κ3) is 2.32. The normalized spacial score (nSPS) is 13.4. The fourth-order valence-corrected chi connectivity index (χ4v) is 3.91. The zero-order chi connectivity index (χ0) is 15.9. The lowest BCUT2D eigenvalue weighted by Gasteiger charge is -2.10. The van der Waals surface area contributed by atoms with E-state index in [1.165, 1.54) is 10.2 Å². The van der Waals surface area contributed by atoms with E-state index in [1.807, 2.05) is 6.92 Å². The Kier molecular flexibility index (Phi) is 3.54. The first kappa shape index (κ1) is 14.8. The van der Waals surface area contributed by atoms with Gasteiger partial charge in [0.15, 0.2) is 0 Å². The number of aliphatic hydroxyl groups is 1. The third-order valence-corrected chi connectivity index (χ3v) is 5.46. The molecule has 0 saturated heterocycles. The predicted octanol–water partition coefficient (Wildman–Crippen LogP) is 3.24. The van der Waals surface area contributed by atoms with E-state index in [4.69, 9.17) is 0 Å². The van der Waals surface area contributed by atoms with Crippen LogP contribution in [0, 0.1) is 6.92 Å². The van der Waals surface area contributed by atoms with Crippen molar-refractivity contribution in [2.24, 2.45) is 0 Å². The molecule has 1 atom stereocenters. The van der Waals surface area contributed by atoms with Crippen molar-refractivity contribution in [2.45, 2.75) is 24.8 Å². The molecule has 0 bridgehead atoms. The molecule has 1 unspecified atom stereocenters. The summed E-state index contributed by atoms with van der Waals surface area (Å²) in [7, 11) is -3.65. The number of benzene rings is 2. The Morgan fingerprint density at radius 2 is 1.73 bits per heavy atom. The molecule has 0 saturated carbocycles. The molecule has 0 radical (unpaired) electrons. The lowest BCUT2D eigenvalue weighted by molar-refractivity contribution is 0.201. The number of fused-ring (bicyclic) bond motifs is 1. The van der Waals surface area contributed by atoms with Crippen LogP contribution in [0.4, 0.5) is 0 Å². The second kappa shape index (κ2) is 5.26. The van der Waals surface area contributed by atoms with Crippen LogP contribution in [0.2, 0.25) is 0 Å². The topological polar surface area (TPSA) is 59.3 Å². The minimum atomic E-state index is -3.65. The Balaban J connectivity index is 2.22. The van der Waals surface area contributed by atoms with Crippen molar-refractivity contribution in [1.82, 2.24) is 3.97 Å². The van der Waals surface area contributed by atoms with E-state index in [2.05, 4.69) is 0 Å². The summed E-state index contributed by atoms with van der Waals surface area (Å²) in [5.41, 5.74) is 2.29. The standard InChI is InChI=1S/C17H17NO3S/c1-12-6-8-14(9-7-12)22(20,21)18-11-10-16-15(13(2)19)4-3-5-17(16)18/h3-11,13,19H,1-2H3. The van der Waals surface area contributed by atoms with Gasteiger partial charge in [0, 0.05) is 11.6 Å². The molecule has 3 rings (SSSR count). The molecule has 114 valence electrons. The lowest BCUT2D eigenvalue weighted by Crippen LogP contribution is -2.11. The molecule has 0 fully saturated rings. The summed E-state index contributed by atoms with van der Waals surface area (Å²) in [5, 5.41) is 10.6. The van der Waals surface area contributed by atoms with Crippen molar-refractivity contribution >= 4 is 20.9 Å². The van der Waals surface area contributed by atoms with E-state index in [0.29, 0.717) is 5.52 Å². The van der Waals surface area contributed by atoms with Crippen LogP contribution in [0.25, 0.3) is 10.9 Å². The van der Waals surface area contributed by atoms with Crippen molar-refractivity contribution in [3.63, 3.8) is 0 Å². The summed E-state index contributed by atoms with van der Waals surface area (Å²) >= 11 is 0. The van der Waals surface area contributed by atoms with E-state index in [1.54, 1.807) is 55.5 Å². The van der Waals surface area contributed by atoms with Crippen LogP contribution in [-0.4, -0.2) is 17.5 Å². The average Bonchev–Trinajstić information content (AvgIpc) is 2.92. The predicted molar refractivity (Wildman–Crippen MR) is 86.3 cm³/mol. The highest BCUT2D eigenvalue weighted by Gasteiger charge is 2.20. The number of hydrogen-bond donors (Lipinski definition) is 1. The van der Waals surface area contributed by atoms with E-state index >= 15 is 0 Å². The van der Waals surface area contributed by atoms with Gasteiger partial charge < -0.3 is 5.11 Å². The largest absolute Gasteiger partial charge is 0.389 e. The number of aromatic nitrogens is 1. The van der Waals surface area contributed by atoms with Gasteiger partial charge >= 0.3 is 0 Å². The first-order valence-corrected chi connectivity index (χ1v) is 8.45. The molecule has 1 aromatic heterocycles. The smallest absolute Gasteiger partial charge is 0.268 e. The maximum atomic E-state index is 12.8. The zero-order valence-electron chi connectivity index (χ0n) is 12.4. The minimum absolute atomic E-state index is 0.248. The van der Waals surface area contributed by atoms with Crippen molar-refractivity contribution in [1.29, 1.82) is 0 Å². The fraction of sp³-hybridized carbons (Fsp3) is 0.176. The summed E-state index contributed by atoms with van der Waals surface area (Å²) in [4.78, 5) is 0.248. The van der Waals surface area contributed by atoms with Crippen molar-refractivity contribution in [2.75, 3.05) is 0 Å². The van der Waals surface area contributed by atoms with Crippen LogP contribution >= 0.6 is 0 Å². The van der Waals surface area contributed by atoms with Crippen molar-refractivity contribution in [3.05, 3.63) is 65.9 Å². The van der Waals surface area contributed by atoms with Gasteiger partial charge in [-0.25, -0.2) is 12.4 Å². The first-order valence-electron chi connectivity index (χ1n) is 7.01. The molecule has 3 aromatic rings. The molecule has 1 heterocycles. The quantitative estimate of drug-likeness (QED) is 0.807. The van der Waals surface area contributed by atoms with Crippen molar-refractivity contribution in [3.8, 4) is 0 Å². The van der Waals surface area contributed by atoms with Crippen LogP contribution < -0.4 is 0 Å². The van der Waals surface area contributed by atoms with Gasteiger partial charge in [0.25, 0.3) is 10.0 Å². The highest BCUT2D eigenvalue weighted by atomic mass is 32.2. The third-order valence-electron chi connectivity index (χ3n) is 3.76. The van der Waals surface area contributed by atoms with Gasteiger partial charge in [-0.05, 0) is 43.7 Å². The minimum Gasteiger partial charge on any atom is -0.389 e. The maximum absolute atomic E-state index is 12.8. The number of nitrogens with zero attached hydrogens (tertiary/aromatic N) is 1. The highest BCUT2D eigenvalue weighted by Crippen LogP contribution is 2.28. The van der Waals surface area contributed by atoms with Gasteiger partial charge in [-0.1, -0.05) is 29.8 Å². The van der Waals surface area contributed by atoms with E-state index < -0.39 is 16.1 Å². The van der Waals surface area contributed by atoms with Gasteiger partial charge in [-0.2, -0.15) is 0 Å². The summed E-state index contributed by atoms with van der Waals surface area (Å²) in [6.45, 7) is 3.58. The Bertz CT molecular complexity index is 922. The SMILES string of the molecule is Cc1ccc(S(=O)(=O)n2ccc3c(C(C)O)cccc32)cc1. The highest BCUT2D eigenvalue weighted by molar-refractivity contribution is 7.90. The average molecular weight is 315 g/mol. The summed E-state index contributed by atoms with van der Waals surface area (Å²) in [6, 6.07) is 13.8. The van der Waals surface area contributed by atoms with Gasteiger partial charge in [0.2, 0.25) is 0 Å². The number of rotatable bonds is 3. The fourth-order valence-electron chi connectivity index (χ4n) is 2.56. The molecule has 0 spiro atoms. The summed E-state index contributed by atoms with van der Waals surface area (Å²) < 4.78 is 26.9. The van der Waals surface area contributed by atoms with Gasteiger partial charge in [0.1, 0.15) is 0 Å². The van der Waals surface area contributed by atoms with E-state index in [9.17, 15) is 13.5 Å². The van der Waals surface area contributed by atoms with Crippen LogP contribution in [0.15, 0.2) is 59.6 Å². The van der Waals surface area contributed by atoms with E-state index in [0.717, 1.165) is 16.5 Å². The van der Waals surface area contributed by atoms with Crippen molar-refractivity contribution < 1.29 is 13.5 Å². The van der Waals surface area contributed by atoms with Crippen LogP contribution in [0.1, 0.15) is 24.2 Å². The Morgan fingerprint density at radius 3 is 2.36 bits per heavy atom. The molecule has 0 aliphatic heterocycles. The number of hydrogen-bond acceptors (Lipinski definition) is 3. The molecular weight excluding hydrogens is 298 g/mol. The van der Waals surface area contributed by atoms with E-state index in [-0.39, 0.29) is 4.90 Å². The maximum Gasteiger partial charge on any atom is 0.268 e. The second-order valence-electron chi connectivity index (χ2n) is 5.39. The molecule has 0 amide bonds. The van der Waals surface area contributed by atoms with Gasteiger partial charge in [0.05, 0.1) is 16.5 Å². The first-order chi connectivity index (χ1) is 10.4. The molecule has 0 aliphatic carbocycles. The lowest BCUT2D eigenvalue weighted by atomic mass is 10.1. The van der Waals surface area contributed by atoms with Crippen LogP contribution in [0.3, 0.4) is 0 Å². The Hall–Kier alpha value is -2.11. The Morgan fingerprint density at radius 1 is 1.05 bits per heavy atom. The van der Waals surface area contributed by atoms with Gasteiger partial charge in [-0.15, -0.1) is 0 Å². The number of aryl methyl sites for hydroxylation is 1. The molecule has 2 aromatic carbocycles.